The number of nitro groups is 1. The first-order chi connectivity index (χ1) is 13.4. The summed E-state index contributed by atoms with van der Waals surface area (Å²) in [6, 6.07) is 8.47. The van der Waals surface area contributed by atoms with Crippen LogP contribution in [0.3, 0.4) is 0 Å². The Kier molecular flexibility index (Phi) is 7.44. The highest BCUT2D eigenvalue weighted by molar-refractivity contribution is 9.10. The van der Waals surface area contributed by atoms with Crippen molar-refractivity contribution in [1.82, 2.24) is 5.32 Å². The number of halogens is 1. The van der Waals surface area contributed by atoms with Crippen LogP contribution in [0, 0.1) is 10.1 Å². The third-order valence-corrected chi connectivity index (χ3v) is 4.18. The highest BCUT2D eigenvalue weighted by Gasteiger charge is 2.32. The van der Waals surface area contributed by atoms with Crippen molar-refractivity contribution in [2.75, 3.05) is 34.5 Å². The summed E-state index contributed by atoms with van der Waals surface area (Å²) in [6.45, 7) is 0.319. The molecule has 0 aliphatic rings. The van der Waals surface area contributed by atoms with E-state index in [0.717, 1.165) is 4.47 Å². The van der Waals surface area contributed by atoms with E-state index in [9.17, 15) is 14.9 Å². The highest BCUT2D eigenvalue weighted by atomic mass is 79.9. The topological polar surface area (TPSA) is 109 Å². The maximum atomic E-state index is 12.5. The minimum Gasteiger partial charge on any atom is -0.493 e. The minimum absolute atomic E-state index is 0.0336. The summed E-state index contributed by atoms with van der Waals surface area (Å²) in [4.78, 5) is 23.4. The van der Waals surface area contributed by atoms with Crippen molar-refractivity contribution in [3.05, 3.63) is 50.5 Å². The van der Waals surface area contributed by atoms with Crippen LogP contribution in [0.25, 0.3) is 0 Å². The number of rotatable bonds is 9. The van der Waals surface area contributed by atoms with E-state index in [1.165, 1.54) is 27.4 Å². The lowest BCUT2D eigenvalue weighted by molar-refractivity contribution is -0.386. The number of nitrogens with one attached hydrogen (secondary N) is 1. The molecule has 0 saturated heterocycles. The lowest BCUT2D eigenvalue weighted by Crippen LogP contribution is -2.28. The van der Waals surface area contributed by atoms with Gasteiger partial charge in [0.15, 0.2) is 5.75 Å². The van der Waals surface area contributed by atoms with Gasteiger partial charge in [0.1, 0.15) is 17.9 Å². The molecule has 0 atom stereocenters. The Hall–Kier alpha value is -3.01. The second-order valence-corrected chi connectivity index (χ2v) is 6.28. The standard InChI is InChI=1S/C18H19BrN2O7/c1-25-14-10-13(15(21(23)24)17(27-3)16(14)26-2)18(22)20-7-8-28-12-6-4-5-11(19)9-12/h4-6,9-10H,7-8H2,1-3H3,(H,20,22). The number of carbonyl (C=O) groups excluding carboxylic acids is 1. The molecule has 0 aliphatic carbocycles. The van der Waals surface area contributed by atoms with E-state index in [2.05, 4.69) is 21.2 Å². The van der Waals surface area contributed by atoms with Crippen LogP contribution < -0.4 is 24.3 Å². The summed E-state index contributed by atoms with van der Waals surface area (Å²) >= 11 is 3.34. The number of hydrogen-bond donors (Lipinski definition) is 1. The van der Waals surface area contributed by atoms with Gasteiger partial charge in [-0.15, -0.1) is 0 Å². The van der Waals surface area contributed by atoms with Gasteiger partial charge in [0.25, 0.3) is 5.91 Å². The van der Waals surface area contributed by atoms with Gasteiger partial charge in [-0.2, -0.15) is 0 Å². The Morgan fingerprint density at radius 2 is 1.86 bits per heavy atom. The second kappa shape index (κ2) is 9.79. The predicted molar refractivity (Wildman–Crippen MR) is 105 cm³/mol. The molecule has 150 valence electrons. The molecule has 0 heterocycles. The summed E-state index contributed by atoms with van der Waals surface area (Å²) in [5.41, 5.74) is -0.715. The van der Waals surface area contributed by atoms with Crippen LogP contribution in [0.4, 0.5) is 5.69 Å². The molecule has 10 heteroatoms. The van der Waals surface area contributed by atoms with E-state index < -0.39 is 16.5 Å². The van der Waals surface area contributed by atoms with Crippen LogP contribution >= 0.6 is 15.9 Å². The van der Waals surface area contributed by atoms with Gasteiger partial charge in [-0.1, -0.05) is 22.0 Å². The quantitative estimate of drug-likeness (QED) is 0.351. The number of methoxy groups -OCH3 is 3. The Morgan fingerprint density at radius 1 is 1.14 bits per heavy atom. The van der Waals surface area contributed by atoms with Gasteiger partial charge in [0.05, 0.1) is 32.8 Å². The van der Waals surface area contributed by atoms with E-state index in [-0.39, 0.29) is 36.0 Å². The molecule has 0 unspecified atom stereocenters. The summed E-state index contributed by atoms with van der Waals surface area (Å²) in [5, 5.41) is 14.1. The zero-order chi connectivity index (χ0) is 20.7. The van der Waals surface area contributed by atoms with E-state index in [4.69, 9.17) is 18.9 Å². The monoisotopic (exact) mass is 454 g/mol. The van der Waals surface area contributed by atoms with Gasteiger partial charge >= 0.3 is 5.69 Å². The van der Waals surface area contributed by atoms with E-state index in [1.807, 2.05) is 12.1 Å². The number of ether oxygens (including phenoxy) is 4. The first-order valence-electron chi connectivity index (χ1n) is 8.06. The summed E-state index contributed by atoms with van der Waals surface area (Å²) < 4.78 is 21.8. The van der Waals surface area contributed by atoms with Crippen molar-refractivity contribution >= 4 is 27.5 Å². The van der Waals surface area contributed by atoms with Gasteiger partial charge in [-0.25, -0.2) is 0 Å². The molecule has 0 saturated carbocycles. The first kappa shape index (κ1) is 21.3. The molecule has 9 nitrogen and oxygen atoms in total. The summed E-state index contributed by atoms with van der Waals surface area (Å²) in [6.07, 6.45) is 0. The molecule has 1 amide bonds. The van der Waals surface area contributed by atoms with Crippen molar-refractivity contribution in [2.24, 2.45) is 0 Å². The molecule has 0 aliphatic heterocycles. The highest BCUT2D eigenvalue weighted by Crippen LogP contribution is 2.46. The third kappa shape index (κ3) is 4.83. The van der Waals surface area contributed by atoms with Crippen molar-refractivity contribution in [3.8, 4) is 23.0 Å². The largest absolute Gasteiger partial charge is 0.493 e. The van der Waals surface area contributed by atoms with E-state index in [1.54, 1.807) is 12.1 Å². The number of carbonyl (C=O) groups is 1. The minimum atomic E-state index is -0.701. The Morgan fingerprint density at radius 3 is 2.43 bits per heavy atom. The van der Waals surface area contributed by atoms with Crippen LogP contribution in [0.15, 0.2) is 34.8 Å². The number of nitrogens with zero attached hydrogens (tertiary/aromatic N) is 1. The van der Waals surface area contributed by atoms with Crippen LogP contribution in [-0.4, -0.2) is 45.3 Å². The van der Waals surface area contributed by atoms with Crippen molar-refractivity contribution in [1.29, 1.82) is 0 Å². The molecule has 0 fully saturated rings. The molecule has 2 aromatic rings. The fraction of sp³-hybridized carbons (Fsp3) is 0.278. The zero-order valence-corrected chi connectivity index (χ0v) is 17.1. The Balaban J connectivity index is 2.18. The molecule has 2 rings (SSSR count). The van der Waals surface area contributed by atoms with Gasteiger partial charge < -0.3 is 24.3 Å². The molecular formula is C18H19BrN2O7. The number of hydrogen-bond acceptors (Lipinski definition) is 7. The lowest BCUT2D eigenvalue weighted by atomic mass is 10.1. The number of benzene rings is 2. The van der Waals surface area contributed by atoms with E-state index in [0.29, 0.717) is 5.75 Å². The molecule has 0 aromatic heterocycles. The predicted octanol–water partition coefficient (Wildman–Crippen LogP) is 3.19. The molecule has 1 N–H and O–H groups in total. The smallest absolute Gasteiger partial charge is 0.327 e. The van der Waals surface area contributed by atoms with Crippen molar-refractivity contribution in [2.45, 2.75) is 0 Å². The molecule has 0 spiro atoms. The fourth-order valence-electron chi connectivity index (χ4n) is 2.48. The van der Waals surface area contributed by atoms with Gasteiger partial charge in [-0.3, -0.25) is 14.9 Å². The van der Waals surface area contributed by atoms with Gasteiger partial charge in [-0.05, 0) is 18.2 Å². The molecule has 0 radical (unpaired) electrons. The second-order valence-electron chi connectivity index (χ2n) is 5.36. The molecular weight excluding hydrogens is 436 g/mol. The summed E-state index contributed by atoms with van der Waals surface area (Å²) in [7, 11) is 3.93. The average Bonchev–Trinajstić information content (AvgIpc) is 2.69. The van der Waals surface area contributed by atoms with Gasteiger partial charge in [0.2, 0.25) is 11.5 Å². The maximum Gasteiger partial charge on any atom is 0.327 e. The van der Waals surface area contributed by atoms with Crippen molar-refractivity contribution in [3.63, 3.8) is 0 Å². The van der Waals surface area contributed by atoms with Crippen LogP contribution in [-0.2, 0) is 0 Å². The molecule has 2 aromatic carbocycles. The number of nitro benzene ring substituents is 1. The zero-order valence-electron chi connectivity index (χ0n) is 15.5. The molecule has 0 bridgehead atoms. The third-order valence-electron chi connectivity index (χ3n) is 3.68. The Labute approximate surface area is 169 Å². The first-order valence-corrected chi connectivity index (χ1v) is 8.86. The summed E-state index contributed by atoms with van der Waals surface area (Å²) in [5.74, 6) is -0.0553. The van der Waals surface area contributed by atoms with Crippen LogP contribution in [0.2, 0.25) is 0 Å². The normalized spacial score (nSPS) is 10.1. The van der Waals surface area contributed by atoms with Crippen LogP contribution in [0.5, 0.6) is 23.0 Å². The lowest BCUT2D eigenvalue weighted by Gasteiger charge is -2.15. The molecule has 28 heavy (non-hydrogen) atoms. The van der Waals surface area contributed by atoms with Crippen molar-refractivity contribution < 1.29 is 28.7 Å². The number of amides is 1. The van der Waals surface area contributed by atoms with Gasteiger partial charge in [0, 0.05) is 10.5 Å². The van der Waals surface area contributed by atoms with E-state index >= 15 is 0 Å². The Bertz CT molecular complexity index is 873. The SMILES string of the molecule is COc1cc(C(=O)NCCOc2cccc(Br)c2)c([N+](=O)[O-])c(OC)c1OC. The average molecular weight is 455 g/mol. The van der Waals surface area contributed by atoms with Crippen LogP contribution in [0.1, 0.15) is 10.4 Å². The maximum absolute atomic E-state index is 12.5. The fourth-order valence-corrected chi connectivity index (χ4v) is 2.86.